The normalized spacial score (nSPS) is 23.0. The van der Waals surface area contributed by atoms with E-state index in [0.717, 1.165) is 18.5 Å². The van der Waals surface area contributed by atoms with Crippen molar-refractivity contribution in [2.75, 3.05) is 0 Å². The number of pyridine rings is 1. The molecule has 2 aromatic carbocycles. The van der Waals surface area contributed by atoms with Crippen LogP contribution in [0.25, 0.3) is 16.5 Å². The van der Waals surface area contributed by atoms with Crippen LogP contribution in [0.1, 0.15) is 36.8 Å². The Hall–Kier alpha value is -2.45. The first-order valence-corrected chi connectivity index (χ1v) is 9.72. The summed E-state index contributed by atoms with van der Waals surface area (Å²) >= 11 is 0. The van der Waals surface area contributed by atoms with Gasteiger partial charge in [0.1, 0.15) is 0 Å². The van der Waals surface area contributed by atoms with Gasteiger partial charge in [-0.3, -0.25) is 9.88 Å². The number of benzene rings is 2. The molecule has 2 aliphatic rings. The lowest BCUT2D eigenvalue weighted by atomic mass is 9.82. The molecule has 3 heterocycles. The number of hydrogen-bond donors (Lipinski definition) is 0. The quantitative estimate of drug-likeness (QED) is 0.630. The lowest BCUT2D eigenvalue weighted by Gasteiger charge is -2.45. The molecule has 0 spiro atoms. The fraction of sp³-hybridized carbons (Fsp3) is 0.292. The zero-order chi connectivity index (χ0) is 17.3. The molecule has 2 nitrogen and oxygen atoms in total. The van der Waals surface area contributed by atoms with Crippen molar-refractivity contribution in [2.24, 2.45) is 0 Å². The van der Waals surface area contributed by atoms with E-state index in [4.69, 9.17) is 0 Å². The maximum atomic E-state index is 4.54. The molecule has 130 valence electrons. The standard InChI is InChI=1S/C24H24N2/c1-2-6-18(7-3-1)17-26-22-9-4-10-23(26)15-21(14-22)20-12-11-19-8-5-13-25-24(19)16-20/h1-3,5-8,11-14,16,22-23H,4,9-10,15,17H2. The Balaban J connectivity index is 1.46. The van der Waals surface area contributed by atoms with Crippen LogP contribution in [0.2, 0.25) is 0 Å². The van der Waals surface area contributed by atoms with Crippen LogP contribution in [-0.2, 0) is 6.54 Å². The summed E-state index contributed by atoms with van der Waals surface area (Å²) in [5, 5.41) is 1.22. The van der Waals surface area contributed by atoms with Gasteiger partial charge in [-0.15, -0.1) is 0 Å². The van der Waals surface area contributed by atoms with Gasteiger partial charge in [0.05, 0.1) is 5.52 Å². The Morgan fingerprint density at radius 3 is 2.77 bits per heavy atom. The summed E-state index contributed by atoms with van der Waals surface area (Å²) in [6.45, 7) is 1.07. The highest BCUT2D eigenvalue weighted by Crippen LogP contribution is 2.38. The predicted octanol–water partition coefficient (Wildman–Crippen LogP) is 5.45. The number of hydrogen-bond acceptors (Lipinski definition) is 2. The molecule has 2 heteroatoms. The van der Waals surface area contributed by atoms with Crippen molar-refractivity contribution in [2.45, 2.75) is 44.3 Å². The molecular formula is C24H24N2. The molecule has 3 aromatic rings. The first-order chi connectivity index (χ1) is 12.9. The molecule has 0 N–H and O–H groups in total. The minimum absolute atomic E-state index is 0.567. The topological polar surface area (TPSA) is 16.1 Å². The van der Waals surface area contributed by atoms with Gasteiger partial charge in [0, 0.05) is 30.2 Å². The van der Waals surface area contributed by atoms with Crippen molar-refractivity contribution in [3.63, 3.8) is 0 Å². The monoisotopic (exact) mass is 340 g/mol. The van der Waals surface area contributed by atoms with Gasteiger partial charge in [-0.2, -0.15) is 0 Å². The van der Waals surface area contributed by atoms with E-state index in [9.17, 15) is 0 Å². The van der Waals surface area contributed by atoms with E-state index in [-0.39, 0.29) is 0 Å². The van der Waals surface area contributed by atoms with Crippen LogP contribution in [0, 0.1) is 0 Å². The third-order valence-electron chi connectivity index (χ3n) is 5.97. The highest BCUT2D eigenvalue weighted by atomic mass is 15.2. The fourth-order valence-corrected chi connectivity index (χ4v) is 4.64. The van der Waals surface area contributed by atoms with Gasteiger partial charge < -0.3 is 0 Å². The highest BCUT2D eigenvalue weighted by Gasteiger charge is 2.34. The summed E-state index contributed by atoms with van der Waals surface area (Å²) in [6, 6.07) is 23.0. The van der Waals surface area contributed by atoms with Crippen LogP contribution in [-0.4, -0.2) is 22.0 Å². The maximum Gasteiger partial charge on any atom is 0.0708 e. The van der Waals surface area contributed by atoms with Gasteiger partial charge in [-0.05, 0) is 48.1 Å². The van der Waals surface area contributed by atoms with E-state index in [2.05, 4.69) is 70.6 Å². The minimum atomic E-state index is 0.567. The summed E-state index contributed by atoms with van der Waals surface area (Å²) in [5.41, 5.74) is 5.39. The Morgan fingerprint density at radius 1 is 0.962 bits per heavy atom. The van der Waals surface area contributed by atoms with Gasteiger partial charge in [-0.1, -0.05) is 61.0 Å². The van der Waals surface area contributed by atoms with Gasteiger partial charge in [0.2, 0.25) is 0 Å². The van der Waals surface area contributed by atoms with E-state index in [1.165, 1.54) is 41.3 Å². The smallest absolute Gasteiger partial charge is 0.0708 e. The number of piperidine rings is 1. The summed E-state index contributed by atoms with van der Waals surface area (Å²) in [7, 11) is 0. The van der Waals surface area contributed by atoms with Crippen molar-refractivity contribution in [3.05, 3.63) is 84.1 Å². The second-order valence-corrected chi connectivity index (χ2v) is 7.62. The number of aromatic nitrogens is 1. The Kier molecular flexibility index (Phi) is 4.06. The number of nitrogens with zero attached hydrogens (tertiary/aromatic N) is 2. The average molecular weight is 340 g/mol. The lowest BCUT2D eigenvalue weighted by Crippen LogP contribution is -2.47. The summed E-state index contributed by atoms with van der Waals surface area (Å²) < 4.78 is 0. The predicted molar refractivity (Wildman–Crippen MR) is 108 cm³/mol. The molecule has 0 radical (unpaired) electrons. The van der Waals surface area contributed by atoms with Crippen molar-refractivity contribution < 1.29 is 0 Å². The number of rotatable bonds is 3. The van der Waals surface area contributed by atoms with Crippen LogP contribution in [0.4, 0.5) is 0 Å². The zero-order valence-corrected chi connectivity index (χ0v) is 15.0. The van der Waals surface area contributed by atoms with Gasteiger partial charge in [-0.25, -0.2) is 0 Å². The van der Waals surface area contributed by atoms with E-state index in [1.54, 1.807) is 0 Å². The van der Waals surface area contributed by atoms with Crippen LogP contribution in [0.5, 0.6) is 0 Å². The summed E-state index contributed by atoms with van der Waals surface area (Å²) in [6.07, 6.45) is 9.51. The first-order valence-electron chi connectivity index (χ1n) is 9.72. The summed E-state index contributed by atoms with van der Waals surface area (Å²) in [5.74, 6) is 0. The lowest BCUT2D eigenvalue weighted by molar-refractivity contribution is 0.0951. The molecule has 1 saturated heterocycles. The molecule has 2 unspecified atom stereocenters. The summed E-state index contributed by atoms with van der Waals surface area (Å²) in [4.78, 5) is 7.27. The van der Waals surface area contributed by atoms with Gasteiger partial charge in [0.15, 0.2) is 0 Å². The Bertz CT molecular complexity index is 945. The Labute approximate surface area is 155 Å². The van der Waals surface area contributed by atoms with Crippen LogP contribution >= 0.6 is 0 Å². The second kappa shape index (κ2) is 6.69. The zero-order valence-electron chi connectivity index (χ0n) is 15.0. The SMILES string of the molecule is C1=C(c2ccc3cccnc3c2)CC2CCCC1N2Cc1ccccc1. The van der Waals surface area contributed by atoms with Gasteiger partial charge >= 0.3 is 0 Å². The van der Waals surface area contributed by atoms with E-state index in [1.807, 2.05) is 12.3 Å². The number of fused-ring (bicyclic) bond motifs is 3. The second-order valence-electron chi connectivity index (χ2n) is 7.62. The largest absolute Gasteiger partial charge is 0.289 e. The minimum Gasteiger partial charge on any atom is -0.289 e. The molecule has 1 fully saturated rings. The van der Waals surface area contributed by atoms with Crippen molar-refractivity contribution in [1.29, 1.82) is 0 Å². The molecule has 0 saturated carbocycles. The van der Waals surface area contributed by atoms with Crippen LogP contribution < -0.4 is 0 Å². The Morgan fingerprint density at radius 2 is 1.88 bits per heavy atom. The molecule has 2 atom stereocenters. The molecule has 0 aliphatic carbocycles. The molecular weight excluding hydrogens is 316 g/mol. The van der Waals surface area contributed by atoms with Crippen LogP contribution in [0.3, 0.4) is 0 Å². The first kappa shape index (κ1) is 15.8. The van der Waals surface area contributed by atoms with Gasteiger partial charge in [0.25, 0.3) is 0 Å². The van der Waals surface area contributed by atoms with Crippen molar-refractivity contribution >= 4 is 16.5 Å². The molecule has 5 rings (SSSR count). The van der Waals surface area contributed by atoms with E-state index < -0.39 is 0 Å². The third kappa shape index (κ3) is 2.95. The van der Waals surface area contributed by atoms with Crippen molar-refractivity contribution in [1.82, 2.24) is 9.88 Å². The highest BCUT2D eigenvalue weighted by molar-refractivity contribution is 5.83. The van der Waals surface area contributed by atoms with Crippen molar-refractivity contribution in [3.8, 4) is 0 Å². The van der Waals surface area contributed by atoms with E-state index in [0.29, 0.717) is 12.1 Å². The van der Waals surface area contributed by atoms with Crippen LogP contribution in [0.15, 0.2) is 72.9 Å². The molecule has 1 aromatic heterocycles. The molecule has 2 bridgehead atoms. The third-order valence-corrected chi connectivity index (χ3v) is 5.97. The molecule has 2 aliphatic heterocycles. The molecule has 26 heavy (non-hydrogen) atoms. The fourth-order valence-electron chi connectivity index (χ4n) is 4.64. The average Bonchev–Trinajstić information content (AvgIpc) is 2.68. The van der Waals surface area contributed by atoms with E-state index >= 15 is 0 Å². The maximum absolute atomic E-state index is 4.54. The molecule has 0 amide bonds.